The largest absolute Gasteiger partial charge is 0.351 e. The van der Waals surface area contributed by atoms with Crippen molar-refractivity contribution in [1.82, 2.24) is 9.97 Å². The summed E-state index contributed by atoms with van der Waals surface area (Å²) in [5.74, 6) is -0.157. The van der Waals surface area contributed by atoms with Crippen molar-refractivity contribution in [1.29, 1.82) is 0 Å². The lowest BCUT2D eigenvalue weighted by molar-refractivity contribution is 0.101. The van der Waals surface area contributed by atoms with Crippen molar-refractivity contribution in [3.8, 4) is 0 Å². The first-order valence-corrected chi connectivity index (χ1v) is 7.27. The summed E-state index contributed by atoms with van der Waals surface area (Å²) in [6.45, 7) is 0.839. The number of likely N-dealkylation sites (N-methyl/N-ethyl adjacent to an activating group) is 1. The first kappa shape index (κ1) is 14.0. The molecule has 0 aliphatic carbocycles. The standard InChI is InChI=1S/C13H14ClN3OS/c1-17(7-4-10-2-5-15-6-3-10)13-16-11(9-19-13)12(18)8-14/h2-3,5-6,9H,4,7-8H2,1H3. The molecule has 0 aliphatic heterocycles. The van der Waals surface area contributed by atoms with Gasteiger partial charge in [0.05, 0.1) is 5.88 Å². The van der Waals surface area contributed by atoms with E-state index in [4.69, 9.17) is 11.6 Å². The van der Waals surface area contributed by atoms with E-state index in [0.717, 1.165) is 18.1 Å². The van der Waals surface area contributed by atoms with Gasteiger partial charge in [-0.15, -0.1) is 22.9 Å². The van der Waals surface area contributed by atoms with E-state index in [1.807, 2.05) is 24.1 Å². The average molecular weight is 296 g/mol. The topological polar surface area (TPSA) is 46.1 Å². The number of anilines is 1. The van der Waals surface area contributed by atoms with E-state index >= 15 is 0 Å². The van der Waals surface area contributed by atoms with Crippen LogP contribution >= 0.6 is 22.9 Å². The van der Waals surface area contributed by atoms with Gasteiger partial charge in [-0.05, 0) is 24.1 Å². The Bertz CT molecular complexity index is 544. The maximum Gasteiger partial charge on any atom is 0.196 e. The summed E-state index contributed by atoms with van der Waals surface area (Å²) >= 11 is 6.97. The molecular formula is C13H14ClN3OS. The Hall–Kier alpha value is -1.46. The van der Waals surface area contributed by atoms with Gasteiger partial charge in [-0.3, -0.25) is 9.78 Å². The minimum absolute atomic E-state index is 0.0239. The number of ketones is 1. The number of halogens is 1. The third-order valence-electron chi connectivity index (χ3n) is 2.71. The number of carbonyl (C=O) groups excluding carboxylic acids is 1. The molecule has 0 atom stereocenters. The first-order valence-electron chi connectivity index (χ1n) is 5.85. The number of hydrogen-bond acceptors (Lipinski definition) is 5. The van der Waals surface area contributed by atoms with Gasteiger partial charge in [-0.25, -0.2) is 4.98 Å². The van der Waals surface area contributed by atoms with Crippen LogP contribution in [0.25, 0.3) is 0 Å². The zero-order chi connectivity index (χ0) is 13.7. The van der Waals surface area contributed by atoms with Crippen molar-refractivity contribution >= 4 is 33.9 Å². The molecule has 6 heteroatoms. The molecule has 0 spiro atoms. The predicted octanol–water partition coefficient (Wildman–Crippen LogP) is 2.64. The summed E-state index contributed by atoms with van der Waals surface area (Å²) in [4.78, 5) is 21.7. The minimum atomic E-state index is -0.133. The lowest BCUT2D eigenvalue weighted by Gasteiger charge is -2.15. The zero-order valence-corrected chi connectivity index (χ0v) is 12.1. The van der Waals surface area contributed by atoms with Gasteiger partial charge < -0.3 is 4.90 Å². The summed E-state index contributed by atoms with van der Waals surface area (Å²) in [6.07, 6.45) is 4.49. The molecular weight excluding hydrogens is 282 g/mol. The molecule has 2 rings (SSSR count). The van der Waals surface area contributed by atoms with E-state index in [2.05, 4.69) is 9.97 Å². The highest BCUT2D eigenvalue weighted by atomic mass is 35.5. The molecule has 0 aromatic carbocycles. The maximum atomic E-state index is 11.4. The first-order chi connectivity index (χ1) is 9.20. The molecule has 0 aliphatic rings. The number of nitrogens with zero attached hydrogens (tertiary/aromatic N) is 3. The quantitative estimate of drug-likeness (QED) is 0.607. The normalized spacial score (nSPS) is 10.4. The Morgan fingerprint density at radius 2 is 2.16 bits per heavy atom. The van der Waals surface area contributed by atoms with Gasteiger partial charge in [0.1, 0.15) is 5.69 Å². The Kier molecular flexibility index (Phi) is 4.87. The second kappa shape index (κ2) is 6.63. The Labute approximate surface area is 121 Å². The summed E-state index contributed by atoms with van der Waals surface area (Å²) in [7, 11) is 1.97. The van der Waals surface area contributed by atoms with Gasteiger partial charge >= 0.3 is 0 Å². The Morgan fingerprint density at radius 1 is 1.42 bits per heavy atom. The fourth-order valence-corrected chi connectivity index (χ4v) is 2.54. The average Bonchev–Trinajstić information content (AvgIpc) is 2.95. The lowest BCUT2D eigenvalue weighted by Crippen LogP contribution is -2.20. The number of pyridine rings is 1. The molecule has 2 heterocycles. The molecule has 19 heavy (non-hydrogen) atoms. The number of aromatic nitrogens is 2. The molecule has 0 amide bonds. The third-order valence-corrected chi connectivity index (χ3v) is 3.91. The van der Waals surface area contributed by atoms with E-state index in [-0.39, 0.29) is 11.7 Å². The number of carbonyl (C=O) groups is 1. The molecule has 4 nitrogen and oxygen atoms in total. The highest BCUT2D eigenvalue weighted by Crippen LogP contribution is 2.20. The second-order valence-corrected chi connectivity index (χ2v) is 5.20. The molecule has 100 valence electrons. The highest BCUT2D eigenvalue weighted by Gasteiger charge is 2.12. The maximum absolute atomic E-state index is 11.4. The van der Waals surface area contributed by atoms with E-state index in [9.17, 15) is 4.79 Å². The van der Waals surface area contributed by atoms with Gasteiger partial charge in [0.2, 0.25) is 0 Å². The molecule has 0 N–H and O–H groups in total. The molecule has 2 aromatic heterocycles. The number of rotatable bonds is 6. The van der Waals surface area contributed by atoms with Crippen LogP contribution in [0, 0.1) is 0 Å². The van der Waals surface area contributed by atoms with E-state index in [1.54, 1.807) is 17.8 Å². The molecule has 0 unspecified atom stereocenters. The second-order valence-electron chi connectivity index (χ2n) is 4.10. The van der Waals surface area contributed by atoms with E-state index in [0.29, 0.717) is 5.69 Å². The van der Waals surface area contributed by atoms with Crippen LogP contribution in [0.2, 0.25) is 0 Å². The van der Waals surface area contributed by atoms with Gasteiger partial charge in [0.25, 0.3) is 0 Å². The van der Waals surface area contributed by atoms with Crippen LogP contribution in [0.15, 0.2) is 29.9 Å². The van der Waals surface area contributed by atoms with Crippen LogP contribution in [0.3, 0.4) is 0 Å². The summed E-state index contributed by atoms with van der Waals surface area (Å²) < 4.78 is 0. The number of alkyl halides is 1. The third kappa shape index (κ3) is 3.75. The number of Topliss-reactive ketones (excluding diaryl/α,β-unsaturated/α-hetero) is 1. The summed E-state index contributed by atoms with van der Waals surface area (Å²) in [6, 6.07) is 4.00. The lowest BCUT2D eigenvalue weighted by atomic mass is 10.2. The summed E-state index contributed by atoms with van der Waals surface area (Å²) in [5, 5.41) is 2.59. The van der Waals surface area contributed by atoms with Crippen molar-refractivity contribution in [3.63, 3.8) is 0 Å². The highest BCUT2D eigenvalue weighted by molar-refractivity contribution is 7.13. The molecule has 0 radical (unpaired) electrons. The van der Waals surface area contributed by atoms with Gasteiger partial charge in [-0.2, -0.15) is 0 Å². The Morgan fingerprint density at radius 3 is 2.84 bits per heavy atom. The van der Waals surface area contributed by atoms with E-state index < -0.39 is 0 Å². The molecule has 0 saturated carbocycles. The molecule has 0 bridgehead atoms. The van der Waals surface area contributed by atoms with Crippen molar-refractivity contribution in [3.05, 3.63) is 41.2 Å². The monoisotopic (exact) mass is 295 g/mol. The SMILES string of the molecule is CN(CCc1ccncc1)c1nc(C(=O)CCl)cs1. The van der Waals surface area contributed by atoms with Crippen molar-refractivity contribution < 1.29 is 4.79 Å². The molecule has 0 fully saturated rings. The van der Waals surface area contributed by atoms with Gasteiger partial charge in [0.15, 0.2) is 10.9 Å². The van der Waals surface area contributed by atoms with Crippen LogP contribution in [-0.2, 0) is 6.42 Å². The van der Waals surface area contributed by atoms with Gasteiger partial charge in [0, 0.05) is 31.4 Å². The molecule has 2 aromatic rings. The van der Waals surface area contributed by atoms with Crippen molar-refractivity contribution in [2.24, 2.45) is 0 Å². The zero-order valence-electron chi connectivity index (χ0n) is 10.5. The number of hydrogen-bond donors (Lipinski definition) is 0. The van der Waals surface area contributed by atoms with Crippen LogP contribution < -0.4 is 4.90 Å². The van der Waals surface area contributed by atoms with Crippen molar-refractivity contribution in [2.75, 3.05) is 24.4 Å². The minimum Gasteiger partial charge on any atom is -0.351 e. The van der Waals surface area contributed by atoms with E-state index in [1.165, 1.54) is 16.9 Å². The fourth-order valence-electron chi connectivity index (χ4n) is 1.58. The van der Waals surface area contributed by atoms with Crippen LogP contribution in [0.5, 0.6) is 0 Å². The van der Waals surface area contributed by atoms with Crippen LogP contribution in [0.4, 0.5) is 5.13 Å². The summed E-state index contributed by atoms with van der Waals surface area (Å²) in [5.41, 5.74) is 1.68. The predicted molar refractivity (Wildman–Crippen MR) is 78.4 cm³/mol. The Balaban J connectivity index is 1.94. The van der Waals surface area contributed by atoms with Gasteiger partial charge in [-0.1, -0.05) is 0 Å². The van der Waals surface area contributed by atoms with Crippen LogP contribution in [0.1, 0.15) is 16.1 Å². The van der Waals surface area contributed by atoms with Crippen LogP contribution in [-0.4, -0.2) is 35.2 Å². The molecule has 0 saturated heterocycles. The fraction of sp³-hybridized carbons (Fsp3) is 0.308. The van der Waals surface area contributed by atoms with Crippen molar-refractivity contribution in [2.45, 2.75) is 6.42 Å². The smallest absolute Gasteiger partial charge is 0.196 e. The number of thiazole rings is 1.